The van der Waals surface area contributed by atoms with E-state index in [1.165, 1.54) is 31.0 Å². The molecule has 2 aliphatic rings. The predicted octanol–water partition coefficient (Wildman–Crippen LogP) is 2.90. The highest BCUT2D eigenvalue weighted by molar-refractivity contribution is 5.94. The van der Waals surface area contributed by atoms with Gasteiger partial charge < -0.3 is 10.6 Å². The molecular formula is C22H25N3O2. The van der Waals surface area contributed by atoms with Crippen molar-refractivity contribution in [1.29, 1.82) is 0 Å². The zero-order valence-electron chi connectivity index (χ0n) is 15.3. The maximum atomic E-state index is 12.5. The minimum absolute atomic E-state index is 0.0118. The van der Waals surface area contributed by atoms with Gasteiger partial charge in [0.25, 0.3) is 5.91 Å². The Hall–Kier alpha value is -2.69. The molecule has 1 aromatic heterocycles. The third-order valence-corrected chi connectivity index (χ3v) is 6.01. The zero-order valence-corrected chi connectivity index (χ0v) is 15.3. The lowest BCUT2D eigenvalue weighted by molar-refractivity contribution is -0.123. The summed E-state index contributed by atoms with van der Waals surface area (Å²) in [5.41, 5.74) is 1.84. The molecule has 2 fully saturated rings. The fourth-order valence-electron chi connectivity index (χ4n) is 4.77. The van der Waals surface area contributed by atoms with Gasteiger partial charge in [-0.2, -0.15) is 0 Å². The normalized spacial score (nSPS) is 25.9. The zero-order chi connectivity index (χ0) is 18.6. The highest BCUT2D eigenvalue weighted by Crippen LogP contribution is 2.55. The maximum Gasteiger partial charge on any atom is 0.252 e. The van der Waals surface area contributed by atoms with Crippen LogP contribution in [0.25, 0.3) is 0 Å². The van der Waals surface area contributed by atoms with Crippen molar-refractivity contribution >= 4 is 11.8 Å². The summed E-state index contributed by atoms with van der Waals surface area (Å²) < 4.78 is 0. The number of carbonyl (C=O) groups is 2. The Morgan fingerprint density at radius 2 is 1.85 bits per heavy atom. The lowest BCUT2D eigenvalue weighted by Gasteiger charge is -2.49. The molecule has 2 aromatic rings. The molecule has 27 heavy (non-hydrogen) atoms. The van der Waals surface area contributed by atoms with Crippen molar-refractivity contribution in [3.05, 3.63) is 66.0 Å². The molecule has 4 atom stereocenters. The summed E-state index contributed by atoms with van der Waals surface area (Å²) in [7, 11) is 0. The van der Waals surface area contributed by atoms with Gasteiger partial charge in [0.2, 0.25) is 5.91 Å². The maximum absolute atomic E-state index is 12.5. The molecule has 0 unspecified atom stereocenters. The van der Waals surface area contributed by atoms with Gasteiger partial charge in [-0.05, 0) is 42.4 Å². The van der Waals surface area contributed by atoms with Gasteiger partial charge in [0, 0.05) is 37.3 Å². The summed E-state index contributed by atoms with van der Waals surface area (Å²) in [5.74, 6) is 1.54. The predicted molar refractivity (Wildman–Crippen MR) is 103 cm³/mol. The number of fused-ring (bicyclic) bond motifs is 1. The van der Waals surface area contributed by atoms with Gasteiger partial charge in [0.15, 0.2) is 0 Å². The minimum Gasteiger partial charge on any atom is -0.352 e. The topological polar surface area (TPSA) is 71.1 Å². The van der Waals surface area contributed by atoms with E-state index in [0.29, 0.717) is 36.3 Å². The summed E-state index contributed by atoms with van der Waals surface area (Å²) in [4.78, 5) is 28.4. The van der Waals surface area contributed by atoms with Crippen molar-refractivity contribution in [2.45, 2.75) is 37.6 Å². The van der Waals surface area contributed by atoms with Gasteiger partial charge in [-0.3, -0.25) is 14.6 Å². The van der Waals surface area contributed by atoms with Crippen LogP contribution in [-0.4, -0.2) is 29.4 Å². The largest absolute Gasteiger partial charge is 0.352 e. The number of aromatic nitrogens is 1. The number of hydrogen-bond donors (Lipinski definition) is 2. The number of hydrogen-bond acceptors (Lipinski definition) is 3. The van der Waals surface area contributed by atoms with E-state index in [9.17, 15) is 9.59 Å². The second kappa shape index (κ2) is 7.91. The van der Waals surface area contributed by atoms with Crippen molar-refractivity contribution in [3.8, 4) is 0 Å². The Bertz CT molecular complexity index is 794. The van der Waals surface area contributed by atoms with Gasteiger partial charge in [0.1, 0.15) is 0 Å². The molecule has 0 bridgehead atoms. The highest BCUT2D eigenvalue weighted by atomic mass is 16.2. The summed E-state index contributed by atoms with van der Waals surface area (Å²) in [6.45, 7) is 0.330. The van der Waals surface area contributed by atoms with Gasteiger partial charge >= 0.3 is 0 Å². The van der Waals surface area contributed by atoms with Gasteiger partial charge in [-0.25, -0.2) is 0 Å². The molecule has 2 amide bonds. The molecule has 5 nitrogen and oxygen atoms in total. The number of pyridine rings is 1. The summed E-state index contributed by atoms with van der Waals surface area (Å²) in [5, 5.41) is 6.04. The number of rotatable bonds is 6. The van der Waals surface area contributed by atoms with Crippen molar-refractivity contribution in [2.24, 2.45) is 11.8 Å². The minimum atomic E-state index is -0.197. The molecule has 0 spiro atoms. The van der Waals surface area contributed by atoms with Crippen LogP contribution in [0.2, 0.25) is 0 Å². The average Bonchev–Trinajstić information content (AvgIpc) is 3.11. The van der Waals surface area contributed by atoms with E-state index in [-0.39, 0.29) is 17.9 Å². The van der Waals surface area contributed by atoms with Crippen LogP contribution in [-0.2, 0) is 4.79 Å². The molecule has 5 heteroatoms. The first-order chi connectivity index (χ1) is 13.2. The summed E-state index contributed by atoms with van der Waals surface area (Å²) in [6, 6.07) is 14.2. The van der Waals surface area contributed by atoms with E-state index in [1.807, 2.05) is 6.07 Å². The quantitative estimate of drug-likeness (QED) is 0.829. The smallest absolute Gasteiger partial charge is 0.252 e. The standard InChI is InChI=1S/C22H25N3O2/c26-19(11-13-24-22(27)16-8-5-12-23-14-16)25-21-18-10-4-9-17(18)20(21)15-6-2-1-3-7-15/h1-3,5-8,12,14,17-18,20-21H,4,9-11,13H2,(H,24,27)(H,25,26)/t17-,18+,20+,21+/m0/s1. The fraction of sp³-hybridized carbons (Fsp3) is 0.409. The first-order valence-corrected chi connectivity index (χ1v) is 9.76. The Kier molecular flexibility index (Phi) is 5.19. The van der Waals surface area contributed by atoms with Crippen molar-refractivity contribution in [1.82, 2.24) is 15.6 Å². The van der Waals surface area contributed by atoms with Crippen molar-refractivity contribution in [2.75, 3.05) is 6.54 Å². The number of carbonyl (C=O) groups excluding carboxylic acids is 2. The number of amides is 2. The Morgan fingerprint density at radius 1 is 1.04 bits per heavy atom. The molecule has 1 heterocycles. The van der Waals surface area contributed by atoms with Gasteiger partial charge in [-0.1, -0.05) is 36.8 Å². The van der Waals surface area contributed by atoms with Gasteiger partial charge in [-0.15, -0.1) is 0 Å². The second-order valence-electron chi connectivity index (χ2n) is 7.54. The molecule has 0 aliphatic heterocycles. The van der Waals surface area contributed by atoms with Crippen LogP contribution < -0.4 is 10.6 Å². The first-order valence-electron chi connectivity index (χ1n) is 9.76. The van der Waals surface area contributed by atoms with E-state index < -0.39 is 0 Å². The average molecular weight is 363 g/mol. The molecule has 140 valence electrons. The third kappa shape index (κ3) is 3.72. The molecule has 0 radical (unpaired) electrons. The molecule has 0 saturated heterocycles. The van der Waals surface area contributed by atoms with Crippen molar-refractivity contribution in [3.63, 3.8) is 0 Å². The van der Waals surface area contributed by atoms with Crippen molar-refractivity contribution < 1.29 is 9.59 Å². The number of nitrogens with one attached hydrogen (secondary N) is 2. The fourth-order valence-corrected chi connectivity index (χ4v) is 4.77. The molecule has 2 aliphatic carbocycles. The van der Waals surface area contributed by atoms with Crippen LogP contribution >= 0.6 is 0 Å². The Balaban J connectivity index is 1.30. The SMILES string of the molecule is O=C(CCNC(=O)c1cccnc1)N[C@@H]1[C@@H]2CCC[C@@H]2[C@H]1c1ccccc1. The summed E-state index contributed by atoms with van der Waals surface area (Å²) >= 11 is 0. The third-order valence-electron chi connectivity index (χ3n) is 6.01. The highest BCUT2D eigenvalue weighted by Gasteiger charge is 2.53. The van der Waals surface area contributed by atoms with Crippen LogP contribution in [0.4, 0.5) is 0 Å². The van der Waals surface area contributed by atoms with Crippen LogP contribution in [0.5, 0.6) is 0 Å². The van der Waals surface area contributed by atoms with E-state index in [4.69, 9.17) is 0 Å². The molecule has 2 saturated carbocycles. The molecule has 1 aromatic carbocycles. The lowest BCUT2D eigenvalue weighted by atomic mass is 9.60. The Morgan fingerprint density at radius 3 is 2.63 bits per heavy atom. The summed E-state index contributed by atoms with van der Waals surface area (Å²) in [6.07, 6.45) is 7.17. The van der Waals surface area contributed by atoms with Gasteiger partial charge in [0.05, 0.1) is 5.56 Å². The lowest BCUT2D eigenvalue weighted by Crippen LogP contribution is -2.56. The second-order valence-corrected chi connectivity index (χ2v) is 7.54. The van der Waals surface area contributed by atoms with Crippen LogP contribution in [0.15, 0.2) is 54.9 Å². The number of benzene rings is 1. The van der Waals surface area contributed by atoms with Crippen LogP contribution in [0, 0.1) is 11.8 Å². The first kappa shape index (κ1) is 17.7. The molecular weight excluding hydrogens is 338 g/mol. The molecule has 4 rings (SSSR count). The number of nitrogens with zero attached hydrogens (tertiary/aromatic N) is 1. The molecule has 2 N–H and O–H groups in total. The van der Waals surface area contributed by atoms with E-state index >= 15 is 0 Å². The Labute approximate surface area is 159 Å². The van der Waals surface area contributed by atoms with Crippen LogP contribution in [0.1, 0.15) is 47.5 Å². The van der Waals surface area contributed by atoms with Crippen LogP contribution in [0.3, 0.4) is 0 Å². The van der Waals surface area contributed by atoms with E-state index in [2.05, 4.69) is 39.9 Å². The van der Waals surface area contributed by atoms with E-state index in [0.717, 1.165) is 0 Å². The van der Waals surface area contributed by atoms with E-state index in [1.54, 1.807) is 18.3 Å². The monoisotopic (exact) mass is 363 g/mol.